The van der Waals surface area contributed by atoms with E-state index in [0.29, 0.717) is 27.7 Å². The third-order valence-corrected chi connectivity index (χ3v) is 6.78. The number of esters is 3. The van der Waals surface area contributed by atoms with Crippen molar-refractivity contribution in [3.63, 3.8) is 0 Å². The van der Waals surface area contributed by atoms with Crippen LogP contribution in [0.1, 0.15) is 43.0 Å². The minimum absolute atomic E-state index is 0.283. The van der Waals surface area contributed by atoms with Gasteiger partial charge in [0.2, 0.25) is 0 Å². The Morgan fingerprint density at radius 3 is 1.77 bits per heavy atom. The largest absolute Gasteiger partial charge is 0.459 e. The molecule has 5 rings (SSSR count). The Bertz CT molecular complexity index is 1450. The fraction of sp³-hybridized carbons (Fsp3) is 0.207. The van der Waals surface area contributed by atoms with Gasteiger partial charge in [0.15, 0.2) is 18.4 Å². The topological polar surface area (TPSA) is 119 Å². The van der Waals surface area contributed by atoms with Gasteiger partial charge in [0.1, 0.15) is 12.7 Å². The Morgan fingerprint density at radius 1 is 0.750 bits per heavy atom. The summed E-state index contributed by atoms with van der Waals surface area (Å²) in [6.07, 6.45) is -2.80. The number of halogens is 1. The van der Waals surface area contributed by atoms with E-state index in [-0.39, 0.29) is 6.61 Å². The highest BCUT2D eigenvalue weighted by atomic mass is 79.9. The van der Waals surface area contributed by atoms with Crippen LogP contribution in [0.25, 0.3) is 0 Å². The number of benzene rings is 3. The van der Waals surface area contributed by atoms with E-state index < -0.39 is 42.4 Å². The molecule has 10 nitrogen and oxygen atoms in total. The number of hydrogen-bond donors (Lipinski definition) is 0. The second-order valence-corrected chi connectivity index (χ2v) is 9.37. The van der Waals surface area contributed by atoms with E-state index in [1.54, 1.807) is 91.0 Å². The minimum atomic E-state index is -1.15. The summed E-state index contributed by atoms with van der Waals surface area (Å²) >= 11 is 3.40. The summed E-state index contributed by atoms with van der Waals surface area (Å²) in [5.74, 6) is -1.89. The first-order valence-corrected chi connectivity index (χ1v) is 13.5. The van der Waals surface area contributed by atoms with Crippen LogP contribution in [0.15, 0.2) is 97.2 Å². The molecular formula is C29H24BrN3O7. The first-order chi connectivity index (χ1) is 19.5. The van der Waals surface area contributed by atoms with E-state index in [1.807, 2.05) is 0 Å². The predicted molar refractivity (Wildman–Crippen MR) is 145 cm³/mol. The van der Waals surface area contributed by atoms with Gasteiger partial charge in [-0.3, -0.25) is 0 Å². The number of carbonyl (C=O) groups is 3. The second-order valence-electron chi connectivity index (χ2n) is 8.81. The predicted octanol–water partition coefficient (Wildman–Crippen LogP) is 4.38. The minimum Gasteiger partial charge on any atom is -0.459 e. The summed E-state index contributed by atoms with van der Waals surface area (Å²) in [6, 6.07) is 25.2. The zero-order chi connectivity index (χ0) is 27.9. The van der Waals surface area contributed by atoms with Gasteiger partial charge in [0, 0.05) is 5.33 Å². The van der Waals surface area contributed by atoms with Gasteiger partial charge in [-0.25, -0.2) is 19.1 Å². The summed E-state index contributed by atoms with van der Waals surface area (Å²) in [5.41, 5.74) is 1.56. The van der Waals surface area contributed by atoms with Gasteiger partial charge in [0.25, 0.3) is 0 Å². The molecule has 0 bridgehead atoms. The quantitative estimate of drug-likeness (QED) is 0.155. The number of hydrogen-bond acceptors (Lipinski definition) is 9. The van der Waals surface area contributed by atoms with Crippen molar-refractivity contribution < 1.29 is 33.3 Å². The lowest BCUT2D eigenvalue weighted by atomic mass is 10.1. The van der Waals surface area contributed by atoms with Gasteiger partial charge in [-0.2, -0.15) is 0 Å². The molecule has 4 atom stereocenters. The van der Waals surface area contributed by atoms with Crippen molar-refractivity contribution in [3.05, 3.63) is 120 Å². The van der Waals surface area contributed by atoms with E-state index in [1.165, 1.54) is 10.9 Å². The highest BCUT2D eigenvalue weighted by Gasteiger charge is 2.52. The standard InChI is InChI=1S/C29H24BrN3O7/c30-16-22-17-31-32-33(22)26-25(40-29(36)21-14-8-3-9-15-21)24(39-28(35)20-12-6-2-7-13-20)23(38-26)18-37-27(34)19-10-4-1-5-11-19/h1-15,17,23-26H,16,18H2/t23-,24-,25-,26-/m1/s1. The highest BCUT2D eigenvalue weighted by Crippen LogP contribution is 2.36. The molecule has 11 heteroatoms. The number of rotatable bonds is 9. The maximum absolute atomic E-state index is 13.2. The number of ether oxygens (including phenoxy) is 4. The summed E-state index contributed by atoms with van der Waals surface area (Å²) in [7, 11) is 0. The fourth-order valence-corrected chi connectivity index (χ4v) is 4.63. The molecule has 1 aromatic heterocycles. The molecular weight excluding hydrogens is 582 g/mol. The summed E-state index contributed by atoms with van der Waals surface area (Å²) in [5, 5.41) is 8.45. The Hall–Kier alpha value is -4.35. The van der Waals surface area contributed by atoms with Gasteiger partial charge in [-0.1, -0.05) is 75.7 Å². The third kappa shape index (κ3) is 6.11. The Kier molecular flexibility index (Phi) is 8.62. The zero-order valence-electron chi connectivity index (χ0n) is 21.0. The molecule has 204 valence electrons. The molecule has 1 aliphatic rings. The molecule has 2 heterocycles. The van der Waals surface area contributed by atoms with Crippen LogP contribution in [-0.2, 0) is 24.3 Å². The van der Waals surface area contributed by atoms with Crippen LogP contribution in [0.2, 0.25) is 0 Å². The van der Waals surface area contributed by atoms with Gasteiger partial charge in [0.05, 0.1) is 28.6 Å². The smallest absolute Gasteiger partial charge is 0.338 e. The van der Waals surface area contributed by atoms with E-state index in [4.69, 9.17) is 18.9 Å². The third-order valence-electron chi connectivity index (χ3n) is 6.21. The molecule has 0 aliphatic carbocycles. The molecule has 4 aromatic rings. The molecule has 40 heavy (non-hydrogen) atoms. The number of nitrogens with zero attached hydrogens (tertiary/aromatic N) is 3. The number of alkyl halides is 1. The van der Waals surface area contributed by atoms with Crippen molar-refractivity contribution >= 4 is 33.8 Å². The maximum atomic E-state index is 13.2. The number of aromatic nitrogens is 3. The van der Waals surface area contributed by atoms with Crippen LogP contribution in [-0.4, -0.2) is 57.8 Å². The summed E-state index contributed by atoms with van der Waals surface area (Å²) in [6.45, 7) is -0.283. The van der Waals surface area contributed by atoms with Crippen LogP contribution in [0.5, 0.6) is 0 Å². The molecule has 0 unspecified atom stereocenters. The molecule has 0 saturated carbocycles. The second kappa shape index (κ2) is 12.7. The van der Waals surface area contributed by atoms with Crippen molar-refractivity contribution in [2.45, 2.75) is 29.9 Å². The Labute approximate surface area is 237 Å². The van der Waals surface area contributed by atoms with Crippen LogP contribution in [0.3, 0.4) is 0 Å². The van der Waals surface area contributed by atoms with Gasteiger partial charge >= 0.3 is 17.9 Å². The van der Waals surface area contributed by atoms with E-state index >= 15 is 0 Å². The fourth-order valence-electron chi connectivity index (χ4n) is 4.23. The SMILES string of the molecule is O=C(OC[C@H]1O[C@@H](n2nncc2CBr)[C@H](OC(=O)c2ccccc2)[C@@H]1OC(=O)c1ccccc1)c1ccccc1. The van der Waals surface area contributed by atoms with Crippen LogP contribution in [0.4, 0.5) is 0 Å². The first kappa shape index (κ1) is 27.2. The van der Waals surface area contributed by atoms with Crippen LogP contribution >= 0.6 is 15.9 Å². The van der Waals surface area contributed by atoms with Crippen molar-refractivity contribution in [2.24, 2.45) is 0 Å². The lowest BCUT2D eigenvalue weighted by Crippen LogP contribution is -2.41. The zero-order valence-corrected chi connectivity index (χ0v) is 22.6. The molecule has 0 amide bonds. The lowest BCUT2D eigenvalue weighted by Gasteiger charge is -2.24. The Balaban J connectivity index is 1.47. The van der Waals surface area contributed by atoms with Gasteiger partial charge in [-0.05, 0) is 36.4 Å². The molecule has 3 aromatic carbocycles. The lowest BCUT2D eigenvalue weighted by molar-refractivity contribution is -0.0686. The van der Waals surface area contributed by atoms with Crippen molar-refractivity contribution in [2.75, 3.05) is 6.61 Å². The van der Waals surface area contributed by atoms with E-state index in [9.17, 15) is 14.4 Å². The van der Waals surface area contributed by atoms with Crippen LogP contribution in [0, 0.1) is 0 Å². The summed E-state index contributed by atoms with van der Waals surface area (Å²) < 4.78 is 25.0. The summed E-state index contributed by atoms with van der Waals surface area (Å²) in [4.78, 5) is 39.0. The van der Waals surface area contributed by atoms with Crippen molar-refractivity contribution in [3.8, 4) is 0 Å². The monoisotopic (exact) mass is 605 g/mol. The molecule has 1 aliphatic heterocycles. The Morgan fingerprint density at radius 2 is 1.25 bits per heavy atom. The molecule has 0 spiro atoms. The van der Waals surface area contributed by atoms with Crippen LogP contribution < -0.4 is 0 Å². The maximum Gasteiger partial charge on any atom is 0.338 e. The normalized spacial score (nSPS) is 20.0. The average molecular weight is 606 g/mol. The van der Waals surface area contributed by atoms with Crippen molar-refractivity contribution in [1.29, 1.82) is 0 Å². The molecule has 0 N–H and O–H groups in total. The number of carbonyl (C=O) groups excluding carboxylic acids is 3. The molecule has 1 saturated heterocycles. The van der Waals surface area contributed by atoms with Gasteiger partial charge in [-0.15, -0.1) is 5.10 Å². The first-order valence-electron chi connectivity index (χ1n) is 12.4. The molecule has 0 radical (unpaired) electrons. The van der Waals surface area contributed by atoms with E-state index in [0.717, 1.165) is 0 Å². The van der Waals surface area contributed by atoms with Crippen molar-refractivity contribution in [1.82, 2.24) is 15.0 Å². The average Bonchev–Trinajstić information content (AvgIpc) is 3.61. The highest BCUT2D eigenvalue weighted by molar-refractivity contribution is 9.08. The molecule has 1 fully saturated rings. The van der Waals surface area contributed by atoms with Gasteiger partial charge < -0.3 is 18.9 Å². The van der Waals surface area contributed by atoms with E-state index in [2.05, 4.69) is 26.2 Å².